The molecule has 1 aliphatic rings. The second kappa shape index (κ2) is 14.3. The predicted molar refractivity (Wildman–Crippen MR) is 166 cm³/mol. The van der Waals surface area contributed by atoms with Crippen molar-refractivity contribution in [1.29, 1.82) is 0 Å². The van der Waals surface area contributed by atoms with Gasteiger partial charge in [0.15, 0.2) is 5.79 Å². The number of nitrogens with one attached hydrogen (secondary N) is 1. The molecular weight excluding hydrogens is 587 g/mol. The Morgan fingerprint density at radius 2 is 1.70 bits per heavy atom. The maximum absolute atomic E-state index is 13.6. The number of sulfonamides is 1. The molecule has 1 aliphatic heterocycles. The molecule has 44 heavy (non-hydrogen) atoms. The molecule has 1 heterocycles. The third kappa shape index (κ3) is 8.71. The van der Waals surface area contributed by atoms with Crippen molar-refractivity contribution in [2.75, 3.05) is 24.3 Å². The highest BCUT2D eigenvalue weighted by Crippen LogP contribution is 2.46. The predicted octanol–water partition coefficient (Wildman–Crippen LogP) is 3.44. The van der Waals surface area contributed by atoms with Crippen LogP contribution in [-0.2, 0) is 27.7 Å². The van der Waals surface area contributed by atoms with Gasteiger partial charge in [-0.05, 0) is 91.1 Å². The molecule has 3 atom stereocenters. The van der Waals surface area contributed by atoms with Crippen LogP contribution in [0.3, 0.4) is 0 Å². The van der Waals surface area contributed by atoms with Crippen molar-refractivity contribution in [3.8, 4) is 0 Å². The summed E-state index contributed by atoms with van der Waals surface area (Å²) in [6.45, 7) is 1.50. The van der Waals surface area contributed by atoms with Crippen molar-refractivity contribution in [2.45, 2.75) is 63.4 Å². The monoisotopic (exact) mass is 628 g/mol. The van der Waals surface area contributed by atoms with Crippen molar-refractivity contribution in [3.63, 3.8) is 0 Å². The molecule has 1 fully saturated rings. The van der Waals surface area contributed by atoms with E-state index in [4.69, 9.17) is 5.11 Å². The molecule has 0 radical (unpaired) electrons. The third-order valence-electron chi connectivity index (χ3n) is 8.20. The molecule has 3 aromatic rings. The molecule has 9 nitrogen and oxygen atoms in total. The molecule has 3 aromatic carbocycles. The Morgan fingerprint density at radius 1 is 1.02 bits per heavy atom. The molecule has 0 unspecified atom stereocenters. The van der Waals surface area contributed by atoms with Crippen molar-refractivity contribution < 1.29 is 38.0 Å². The number of amides is 1. The minimum absolute atomic E-state index is 0.0295. The first-order valence-corrected chi connectivity index (χ1v) is 16.6. The fourth-order valence-corrected chi connectivity index (χ4v) is 6.17. The lowest BCUT2D eigenvalue weighted by Gasteiger charge is -2.48. The minimum atomic E-state index is -3.24. The molecule has 5 N–H and O–H groups in total. The number of hydrogen-bond donors (Lipinski definition) is 5. The lowest BCUT2D eigenvalue weighted by atomic mass is 9.77. The van der Waals surface area contributed by atoms with E-state index >= 15 is 0 Å². The zero-order valence-electron chi connectivity index (χ0n) is 25.0. The third-order valence-corrected chi connectivity index (χ3v) is 8.93. The van der Waals surface area contributed by atoms with Gasteiger partial charge in [-0.2, -0.15) is 0 Å². The fourth-order valence-electron chi connectivity index (χ4n) is 5.66. The number of anilines is 1. The number of aliphatic hydroxyl groups is 4. The molecule has 1 saturated heterocycles. The van der Waals surface area contributed by atoms with Gasteiger partial charge < -0.3 is 25.3 Å². The van der Waals surface area contributed by atoms with Crippen LogP contribution in [0, 0.1) is 18.7 Å². The number of rotatable bonds is 15. The smallest absolute Gasteiger partial charge is 0.233 e. The molecule has 0 saturated carbocycles. The average Bonchev–Trinajstić information content (AvgIpc) is 2.98. The van der Waals surface area contributed by atoms with Gasteiger partial charge in [0.25, 0.3) is 0 Å². The number of benzene rings is 3. The molecule has 11 heteroatoms. The molecule has 0 spiro atoms. The summed E-state index contributed by atoms with van der Waals surface area (Å²) >= 11 is 0. The van der Waals surface area contributed by atoms with Crippen molar-refractivity contribution in [1.82, 2.24) is 4.72 Å². The number of nitrogens with zero attached hydrogens (tertiary/aromatic N) is 1. The normalized spacial score (nSPS) is 17.9. The Hall–Kier alpha value is -3.19. The fraction of sp³-hybridized carbons (Fsp3) is 0.424. The lowest BCUT2D eigenvalue weighted by molar-refractivity contribution is -0.190. The number of carbonyl (C=O) groups excluding carboxylic acids is 1. The van der Waals surface area contributed by atoms with Gasteiger partial charge in [-0.3, -0.25) is 4.79 Å². The second-order valence-electron chi connectivity index (χ2n) is 11.7. The summed E-state index contributed by atoms with van der Waals surface area (Å²) in [5, 5.41) is 39.5. The van der Waals surface area contributed by atoms with Crippen molar-refractivity contribution in [2.24, 2.45) is 5.92 Å². The first kappa shape index (κ1) is 33.7. The van der Waals surface area contributed by atoms with Crippen molar-refractivity contribution >= 4 is 21.6 Å². The minimum Gasteiger partial charge on any atom is -0.391 e. The number of halogens is 1. The summed E-state index contributed by atoms with van der Waals surface area (Å²) < 4.78 is 38.4. The van der Waals surface area contributed by atoms with E-state index in [2.05, 4.69) is 4.72 Å². The summed E-state index contributed by atoms with van der Waals surface area (Å²) in [6.07, 6.45) is 2.64. The summed E-state index contributed by atoms with van der Waals surface area (Å²) in [5.41, 5.74) is 5.04. The highest BCUT2D eigenvalue weighted by atomic mass is 32.2. The largest absolute Gasteiger partial charge is 0.391 e. The number of aliphatic hydroxyl groups excluding tert-OH is 2. The number of aryl methyl sites for hydroxylation is 3. The molecular formula is C33H41FN2O7S. The van der Waals surface area contributed by atoms with Gasteiger partial charge in [0.05, 0.1) is 30.9 Å². The Kier molecular flexibility index (Phi) is 10.9. The van der Waals surface area contributed by atoms with Crippen LogP contribution in [0.5, 0.6) is 0 Å². The zero-order chi connectivity index (χ0) is 32.1. The van der Waals surface area contributed by atoms with Crippen LogP contribution in [0.1, 0.15) is 65.6 Å². The van der Waals surface area contributed by atoms with Crippen LogP contribution in [0.25, 0.3) is 0 Å². The van der Waals surface area contributed by atoms with E-state index in [1.165, 1.54) is 24.3 Å². The van der Waals surface area contributed by atoms with Crippen molar-refractivity contribution in [3.05, 3.63) is 100 Å². The van der Waals surface area contributed by atoms with E-state index in [0.29, 0.717) is 44.2 Å². The van der Waals surface area contributed by atoms with E-state index in [-0.39, 0.29) is 24.2 Å². The highest BCUT2D eigenvalue weighted by molar-refractivity contribution is 7.88. The van der Waals surface area contributed by atoms with Crippen LogP contribution in [-0.4, -0.2) is 59.9 Å². The summed E-state index contributed by atoms with van der Waals surface area (Å²) in [6, 6.07) is 18.8. The summed E-state index contributed by atoms with van der Waals surface area (Å²) in [7, 11) is -3.24. The molecule has 0 aliphatic carbocycles. The number of β-lactam (4-membered cyclic amide) rings is 1. The lowest BCUT2D eigenvalue weighted by Crippen LogP contribution is -2.55. The van der Waals surface area contributed by atoms with Gasteiger partial charge in [-0.15, -0.1) is 0 Å². The Balaban J connectivity index is 1.52. The summed E-state index contributed by atoms with van der Waals surface area (Å²) in [4.78, 5) is 15.3. The van der Waals surface area contributed by atoms with Crippen LogP contribution < -0.4 is 9.62 Å². The quantitative estimate of drug-likeness (QED) is 0.0984. The van der Waals surface area contributed by atoms with Gasteiger partial charge >= 0.3 is 0 Å². The number of hydrogen-bond acceptors (Lipinski definition) is 7. The van der Waals surface area contributed by atoms with Gasteiger partial charge in [-0.25, -0.2) is 17.5 Å². The number of carbonyl (C=O) groups is 1. The molecule has 238 valence electrons. The molecule has 1 amide bonds. The Bertz CT molecular complexity index is 1530. The first-order valence-electron chi connectivity index (χ1n) is 14.7. The maximum atomic E-state index is 13.6. The summed E-state index contributed by atoms with van der Waals surface area (Å²) in [5.74, 6) is -3.01. The topological polar surface area (TPSA) is 147 Å². The first-order chi connectivity index (χ1) is 20.8. The van der Waals surface area contributed by atoms with Gasteiger partial charge in [0.1, 0.15) is 5.82 Å². The average molecular weight is 629 g/mol. The van der Waals surface area contributed by atoms with Gasteiger partial charge in [0.2, 0.25) is 15.9 Å². The van der Waals surface area contributed by atoms with Crippen LogP contribution >= 0.6 is 0 Å². The van der Waals surface area contributed by atoms with E-state index < -0.39 is 34.4 Å². The van der Waals surface area contributed by atoms with E-state index in [1.54, 1.807) is 4.90 Å². The SMILES string of the molecule is Cc1cc([C@@H]2[C@@H](CC[C@H](O)c3ccc(F)cc3)C(=O)N2c2ccc(CCCNS(C)(=O)=O)cc2)ccc1CCC(O)(O)CO. The highest BCUT2D eigenvalue weighted by Gasteiger charge is 2.48. The Labute approximate surface area is 258 Å². The molecule has 0 aromatic heterocycles. The van der Waals surface area contributed by atoms with Gasteiger partial charge in [0, 0.05) is 18.7 Å². The van der Waals surface area contributed by atoms with E-state index in [0.717, 1.165) is 34.2 Å². The Morgan fingerprint density at radius 3 is 2.32 bits per heavy atom. The van der Waals surface area contributed by atoms with Crippen LogP contribution in [0.4, 0.5) is 10.1 Å². The van der Waals surface area contributed by atoms with Crippen LogP contribution in [0.2, 0.25) is 0 Å². The van der Waals surface area contributed by atoms with E-state index in [1.807, 2.05) is 49.4 Å². The van der Waals surface area contributed by atoms with E-state index in [9.17, 15) is 32.9 Å². The molecule has 4 rings (SSSR count). The second-order valence-corrected chi connectivity index (χ2v) is 13.5. The maximum Gasteiger partial charge on any atom is 0.233 e. The van der Waals surface area contributed by atoms with Gasteiger partial charge in [-0.1, -0.05) is 42.5 Å². The molecule has 0 bridgehead atoms. The zero-order valence-corrected chi connectivity index (χ0v) is 25.8. The standard InChI is InChI=1S/C33H41FN2O7S/c1-22-20-26(8-7-24(22)17-18-33(40,41)21-37)31-29(15-16-30(38)25-9-11-27(34)12-10-25)32(39)36(31)28-13-5-23(6-14-28)4-3-19-35-44(2,42)43/h5-14,20,29-31,35,37-38,40-41H,3-4,15-19,21H2,1-2H3/t29-,30+,31-/m1/s1. The van der Waals surface area contributed by atoms with Crippen LogP contribution in [0.15, 0.2) is 66.7 Å².